The van der Waals surface area contributed by atoms with Crippen LogP contribution in [0.4, 0.5) is 4.39 Å². The zero-order valence-electron chi connectivity index (χ0n) is 11.1. The maximum atomic E-state index is 13.2. The Kier molecular flexibility index (Phi) is 4.52. The van der Waals surface area contributed by atoms with Crippen LogP contribution in [-0.2, 0) is 0 Å². The van der Waals surface area contributed by atoms with E-state index in [-0.39, 0.29) is 17.3 Å². The van der Waals surface area contributed by atoms with Crippen molar-refractivity contribution in [2.24, 2.45) is 11.1 Å². The molecule has 2 nitrogen and oxygen atoms in total. The third kappa shape index (κ3) is 4.73. The molecule has 96 valence electrons. The lowest BCUT2D eigenvalue weighted by molar-refractivity contribution is 0.240. The van der Waals surface area contributed by atoms with Crippen LogP contribution in [0.2, 0.25) is 0 Å². The normalized spacial score (nSPS) is 13.5. The van der Waals surface area contributed by atoms with Gasteiger partial charge in [0.05, 0.1) is 6.61 Å². The summed E-state index contributed by atoms with van der Waals surface area (Å²) in [5.74, 6) is 0.268. The predicted octanol–water partition coefficient (Wildman–Crippen LogP) is 3.66. The highest BCUT2D eigenvalue weighted by molar-refractivity contribution is 5.36. The fourth-order valence-corrected chi connectivity index (χ4v) is 1.48. The van der Waals surface area contributed by atoms with Gasteiger partial charge in [-0.15, -0.1) is 0 Å². The van der Waals surface area contributed by atoms with Crippen LogP contribution in [0.15, 0.2) is 18.2 Å². The molecule has 0 fully saturated rings. The van der Waals surface area contributed by atoms with Crippen molar-refractivity contribution in [1.82, 2.24) is 0 Å². The SMILES string of the molecule is C[C@H](N)c1ccc(F)cc1OCCC(C)(C)C. The zero-order valence-corrected chi connectivity index (χ0v) is 11.1. The molecule has 3 heteroatoms. The highest BCUT2D eigenvalue weighted by Crippen LogP contribution is 2.26. The number of hydrogen-bond acceptors (Lipinski definition) is 2. The maximum Gasteiger partial charge on any atom is 0.126 e. The van der Waals surface area contributed by atoms with Crippen molar-refractivity contribution in [3.05, 3.63) is 29.6 Å². The van der Waals surface area contributed by atoms with Gasteiger partial charge in [0.1, 0.15) is 11.6 Å². The summed E-state index contributed by atoms with van der Waals surface area (Å²) >= 11 is 0. The Morgan fingerprint density at radius 3 is 2.53 bits per heavy atom. The van der Waals surface area contributed by atoms with Crippen LogP contribution in [0, 0.1) is 11.2 Å². The smallest absolute Gasteiger partial charge is 0.126 e. The van der Waals surface area contributed by atoms with E-state index in [9.17, 15) is 4.39 Å². The van der Waals surface area contributed by atoms with Gasteiger partial charge in [-0.2, -0.15) is 0 Å². The first-order valence-corrected chi connectivity index (χ1v) is 5.97. The molecule has 17 heavy (non-hydrogen) atoms. The molecule has 2 N–H and O–H groups in total. The number of benzene rings is 1. The second-order valence-electron chi connectivity index (χ2n) is 5.63. The molecule has 0 bridgehead atoms. The topological polar surface area (TPSA) is 35.2 Å². The van der Waals surface area contributed by atoms with Crippen molar-refractivity contribution >= 4 is 0 Å². The van der Waals surface area contributed by atoms with Crippen molar-refractivity contribution in [3.63, 3.8) is 0 Å². The molecule has 0 saturated carbocycles. The average Bonchev–Trinajstić information content (AvgIpc) is 2.15. The van der Waals surface area contributed by atoms with E-state index in [1.165, 1.54) is 12.1 Å². The average molecular weight is 239 g/mol. The monoisotopic (exact) mass is 239 g/mol. The van der Waals surface area contributed by atoms with Gasteiger partial charge < -0.3 is 10.5 Å². The molecule has 0 aromatic heterocycles. The Morgan fingerprint density at radius 1 is 1.35 bits per heavy atom. The van der Waals surface area contributed by atoms with E-state index in [0.717, 1.165) is 12.0 Å². The van der Waals surface area contributed by atoms with Crippen LogP contribution in [0.25, 0.3) is 0 Å². The second-order valence-corrected chi connectivity index (χ2v) is 5.63. The molecular weight excluding hydrogens is 217 g/mol. The number of ether oxygens (including phenoxy) is 1. The fraction of sp³-hybridized carbons (Fsp3) is 0.571. The summed E-state index contributed by atoms with van der Waals surface area (Å²) in [4.78, 5) is 0. The van der Waals surface area contributed by atoms with Crippen LogP contribution < -0.4 is 10.5 Å². The van der Waals surface area contributed by atoms with Crippen molar-refractivity contribution in [2.45, 2.75) is 40.2 Å². The van der Waals surface area contributed by atoms with E-state index in [0.29, 0.717) is 12.4 Å². The molecule has 0 heterocycles. The minimum atomic E-state index is -0.292. The summed E-state index contributed by atoms with van der Waals surface area (Å²) < 4.78 is 18.8. The van der Waals surface area contributed by atoms with Crippen molar-refractivity contribution < 1.29 is 9.13 Å². The zero-order chi connectivity index (χ0) is 13.1. The number of hydrogen-bond donors (Lipinski definition) is 1. The Morgan fingerprint density at radius 2 is 2.00 bits per heavy atom. The first-order chi connectivity index (χ1) is 7.79. The van der Waals surface area contributed by atoms with Gasteiger partial charge in [-0.3, -0.25) is 0 Å². The predicted molar refractivity (Wildman–Crippen MR) is 68.6 cm³/mol. The van der Waals surface area contributed by atoms with Crippen LogP contribution in [0.5, 0.6) is 5.75 Å². The summed E-state index contributed by atoms with van der Waals surface area (Å²) in [5, 5.41) is 0. The van der Waals surface area contributed by atoms with Crippen molar-refractivity contribution in [1.29, 1.82) is 0 Å². The number of nitrogens with two attached hydrogens (primary N) is 1. The molecular formula is C14H22FNO. The van der Waals surface area contributed by atoms with Gasteiger partial charge in [-0.05, 0) is 24.8 Å². The number of halogens is 1. The van der Waals surface area contributed by atoms with E-state index in [4.69, 9.17) is 10.5 Å². The lowest BCUT2D eigenvalue weighted by Gasteiger charge is -2.19. The third-order valence-electron chi connectivity index (χ3n) is 2.58. The molecule has 1 rings (SSSR count). The molecule has 0 aliphatic carbocycles. The van der Waals surface area contributed by atoms with Gasteiger partial charge >= 0.3 is 0 Å². The van der Waals surface area contributed by atoms with Crippen molar-refractivity contribution in [3.8, 4) is 5.75 Å². The molecule has 0 radical (unpaired) electrons. The molecule has 1 aromatic rings. The summed E-state index contributed by atoms with van der Waals surface area (Å²) in [5.41, 5.74) is 6.88. The molecule has 0 aliphatic heterocycles. The van der Waals surface area contributed by atoms with Crippen LogP contribution in [0.1, 0.15) is 45.7 Å². The van der Waals surface area contributed by atoms with E-state index in [1.54, 1.807) is 6.07 Å². The summed E-state index contributed by atoms with van der Waals surface area (Å²) in [6, 6.07) is 4.35. The Labute approximate surface area is 103 Å². The highest BCUT2D eigenvalue weighted by atomic mass is 19.1. The quantitative estimate of drug-likeness (QED) is 0.870. The van der Waals surface area contributed by atoms with E-state index in [1.807, 2.05) is 6.92 Å². The molecule has 0 saturated heterocycles. The summed E-state index contributed by atoms with van der Waals surface area (Å²) in [6.07, 6.45) is 0.919. The Balaban J connectivity index is 2.72. The van der Waals surface area contributed by atoms with Gasteiger partial charge in [0.25, 0.3) is 0 Å². The third-order valence-corrected chi connectivity index (χ3v) is 2.58. The standard InChI is InChI=1S/C14H22FNO/c1-10(16)12-6-5-11(15)9-13(12)17-8-7-14(2,3)4/h5-6,9-10H,7-8,16H2,1-4H3/t10-/m0/s1. The van der Waals surface area contributed by atoms with Crippen LogP contribution in [0.3, 0.4) is 0 Å². The van der Waals surface area contributed by atoms with Gasteiger partial charge in [-0.25, -0.2) is 4.39 Å². The maximum absolute atomic E-state index is 13.2. The number of rotatable bonds is 4. The minimum Gasteiger partial charge on any atom is -0.493 e. The van der Waals surface area contributed by atoms with Crippen molar-refractivity contribution in [2.75, 3.05) is 6.61 Å². The second kappa shape index (κ2) is 5.50. The Hall–Kier alpha value is -1.09. The molecule has 0 amide bonds. The minimum absolute atomic E-state index is 0.153. The van der Waals surface area contributed by atoms with Gasteiger partial charge in [0, 0.05) is 17.7 Å². The fourth-order valence-electron chi connectivity index (χ4n) is 1.48. The van der Waals surface area contributed by atoms with Crippen LogP contribution >= 0.6 is 0 Å². The summed E-state index contributed by atoms with van der Waals surface area (Å²) in [7, 11) is 0. The van der Waals surface area contributed by atoms with Gasteiger partial charge in [0.2, 0.25) is 0 Å². The van der Waals surface area contributed by atoms with Gasteiger partial charge in [-0.1, -0.05) is 26.8 Å². The molecule has 0 unspecified atom stereocenters. The first kappa shape index (κ1) is 14.0. The van der Waals surface area contributed by atoms with E-state index >= 15 is 0 Å². The molecule has 1 aromatic carbocycles. The van der Waals surface area contributed by atoms with Gasteiger partial charge in [0.15, 0.2) is 0 Å². The van der Waals surface area contributed by atoms with E-state index in [2.05, 4.69) is 20.8 Å². The molecule has 0 aliphatic rings. The molecule has 0 spiro atoms. The molecule has 1 atom stereocenters. The highest BCUT2D eigenvalue weighted by Gasteiger charge is 2.13. The summed E-state index contributed by atoms with van der Waals surface area (Å²) in [6.45, 7) is 8.88. The lowest BCUT2D eigenvalue weighted by atomic mass is 9.93. The first-order valence-electron chi connectivity index (χ1n) is 5.97. The van der Waals surface area contributed by atoms with Crippen LogP contribution in [-0.4, -0.2) is 6.61 Å². The Bertz CT molecular complexity index is 369. The van der Waals surface area contributed by atoms with E-state index < -0.39 is 0 Å². The largest absolute Gasteiger partial charge is 0.493 e. The lowest BCUT2D eigenvalue weighted by Crippen LogP contribution is -2.13.